The molecule has 0 aliphatic carbocycles. The second-order valence-electron chi connectivity index (χ2n) is 8.84. The van der Waals surface area contributed by atoms with E-state index in [1.54, 1.807) is 4.90 Å². The molecule has 0 bridgehead atoms. The molecular weight excluding hydrogens is 418 g/mol. The summed E-state index contributed by atoms with van der Waals surface area (Å²) in [6.07, 6.45) is 3.69. The Bertz CT molecular complexity index is 1040. The van der Waals surface area contributed by atoms with Crippen LogP contribution in [-0.2, 0) is 27.2 Å². The molecule has 3 amide bonds. The van der Waals surface area contributed by atoms with E-state index in [9.17, 15) is 14.4 Å². The lowest BCUT2D eigenvalue weighted by Gasteiger charge is -2.30. The molecule has 4 rings (SSSR count). The van der Waals surface area contributed by atoms with Crippen LogP contribution in [0.1, 0.15) is 54.7 Å². The minimum atomic E-state index is -0.218. The van der Waals surface area contributed by atoms with Gasteiger partial charge in [-0.2, -0.15) is 0 Å². The lowest BCUT2D eigenvalue weighted by atomic mass is 10.0. The number of nitrogens with one attached hydrogen (secondary N) is 1. The number of hydrogen-bond acceptors (Lipinski definition) is 5. The molecule has 8 heteroatoms. The fourth-order valence-corrected chi connectivity index (χ4v) is 4.61. The van der Waals surface area contributed by atoms with Crippen LogP contribution in [0.25, 0.3) is 0 Å². The van der Waals surface area contributed by atoms with Crippen LogP contribution in [0, 0.1) is 6.92 Å². The van der Waals surface area contributed by atoms with Crippen LogP contribution < -0.4 is 10.2 Å². The van der Waals surface area contributed by atoms with E-state index in [0.29, 0.717) is 38.3 Å². The van der Waals surface area contributed by atoms with Gasteiger partial charge in [-0.15, -0.1) is 0 Å². The van der Waals surface area contributed by atoms with Crippen LogP contribution >= 0.6 is 0 Å². The molecule has 2 aliphatic rings. The summed E-state index contributed by atoms with van der Waals surface area (Å²) in [6, 6.07) is 10.3. The Morgan fingerprint density at radius 1 is 1.15 bits per heavy atom. The van der Waals surface area contributed by atoms with E-state index in [-0.39, 0.29) is 30.2 Å². The highest BCUT2D eigenvalue weighted by molar-refractivity contribution is 5.95. The molecule has 2 aromatic rings. The van der Waals surface area contributed by atoms with Crippen molar-refractivity contribution in [3.05, 3.63) is 53.0 Å². The van der Waals surface area contributed by atoms with Crippen molar-refractivity contribution < 1.29 is 14.4 Å². The largest absolute Gasteiger partial charge is 0.347 e. The lowest BCUT2D eigenvalue weighted by molar-refractivity contribution is -0.131. The Kier molecular flexibility index (Phi) is 7.01. The fraction of sp³-hybridized carbons (Fsp3) is 0.480. The first kappa shape index (κ1) is 22.9. The van der Waals surface area contributed by atoms with Crippen molar-refractivity contribution in [1.82, 2.24) is 20.2 Å². The third-order valence-corrected chi connectivity index (χ3v) is 6.44. The van der Waals surface area contributed by atoms with Crippen molar-refractivity contribution in [3.63, 3.8) is 0 Å². The molecule has 1 aromatic heterocycles. The van der Waals surface area contributed by atoms with Gasteiger partial charge in [0.15, 0.2) is 0 Å². The van der Waals surface area contributed by atoms with Crippen LogP contribution in [0.5, 0.6) is 0 Å². The first-order valence-electron chi connectivity index (χ1n) is 11.7. The molecule has 2 aliphatic heterocycles. The second kappa shape index (κ2) is 10.1. The van der Waals surface area contributed by atoms with E-state index < -0.39 is 0 Å². The molecule has 0 spiro atoms. The SMILES string of the molecule is CC(=O)NCC(=O)N1CCC(c2nc(C)c3c(n2)N(CCCc2ccccc2)C(=O)CC3)C1. The highest BCUT2D eigenvalue weighted by Gasteiger charge is 2.33. The maximum absolute atomic E-state index is 12.8. The van der Waals surface area contributed by atoms with E-state index in [0.717, 1.165) is 36.3 Å². The zero-order chi connectivity index (χ0) is 23.4. The van der Waals surface area contributed by atoms with Gasteiger partial charge in [-0.3, -0.25) is 19.3 Å². The maximum atomic E-state index is 12.8. The first-order valence-corrected chi connectivity index (χ1v) is 11.7. The van der Waals surface area contributed by atoms with Crippen LogP contribution in [0.2, 0.25) is 0 Å². The van der Waals surface area contributed by atoms with Crippen molar-refractivity contribution >= 4 is 23.5 Å². The Morgan fingerprint density at radius 2 is 1.94 bits per heavy atom. The van der Waals surface area contributed by atoms with Gasteiger partial charge in [-0.25, -0.2) is 9.97 Å². The topological polar surface area (TPSA) is 95.5 Å². The Hall–Kier alpha value is -3.29. The molecule has 1 unspecified atom stereocenters. The zero-order valence-electron chi connectivity index (χ0n) is 19.3. The minimum absolute atomic E-state index is 0.00974. The van der Waals surface area contributed by atoms with Gasteiger partial charge in [0.05, 0.1) is 6.54 Å². The molecule has 8 nitrogen and oxygen atoms in total. The van der Waals surface area contributed by atoms with E-state index >= 15 is 0 Å². The fourth-order valence-electron chi connectivity index (χ4n) is 4.61. The van der Waals surface area contributed by atoms with Gasteiger partial charge < -0.3 is 10.2 Å². The monoisotopic (exact) mass is 449 g/mol. The molecular formula is C25H31N5O3. The quantitative estimate of drug-likeness (QED) is 0.699. The average Bonchev–Trinajstić information content (AvgIpc) is 3.30. The Labute approximate surface area is 194 Å². The van der Waals surface area contributed by atoms with Gasteiger partial charge in [0.2, 0.25) is 17.7 Å². The van der Waals surface area contributed by atoms with Gasteiger partial charge in [-0.05, 0) is 38.2 Å². The standard InChI is InChI=1S/C25H31N5O3/c1-17-21-10-11-22(32)30(13-6-9-19-7-4-3-5-8-19)25(21)28-24(27-17)20-12-14-29(16-20)23(33)15-26-18(2)31/h3-5,7-8,20H,6,9-16H2,1-2H3,(H,26,31). The van der Waals surface area contributed by atoms with Crippen molar-refractivity contribution in [3.8, 4) is 0 Å². The molecule has 1 aromatic carbocycles. The van der Waals surface area contributed by atoms with Crippen LogP contribution in [0.4, 0.5) is 5.82 Å². The molecule has 1 fully saturated rings. The molecule has 1 N–H and O–H groups in total. The summed E-state index contributed by atoms with van der Waals surface area (Å²) in [7, 11) is 0. The summed E-state index contributed by atoms with van der Waals surface area (Å²) in [6.45, 7) is 5.16. The van der Waals surface area contributed by atoms with Crippen molar-refractivity contribution in [2.24, 2.45) is 0 Å². The third kappa shape index (κ3) is 5.38. The molecule has 1 saturated heterocycles. The van der Waals surface area contributed by atoms with Gasteiger partial charge in [-0.1, -0.05) is 30.3 Å². The van der Waals surface area contributed by atoms with E-state index in [2.05, 4.69) is 17.4 Å². The van der Waals surface area contributed by atoms with Crippen LogP contribution in [0.15, 0.2) is 30.3 Å². The number of rotatable bonds is 7. The molecule has 0 saturated carbocycles. The van der Waals surface area contributed by atoms with Crippen LogP contribution in [0.3, 0.4) is 0 Å². The predicted molar refractivity (Wildman–Crippen MR) is 125 cm³/mol. The summed E-state index contributed by atoms with van der Waals surface area (Å²) < 4.78 is 0. The Morgan fingerprint density at radius 3 is 2.70 bits per heavy atom. The number of nitrogens with zero attached hydrogens (tertiary/aromatic N) is 4. The van der Waals surface area contributed by atoms with E-state index in [4.69, 9.17) is 9.97 Å². The normalized spacial score (nSPS) is 17.8. The highest BCUT2D eigenvalue weighted by Crippen LogP contribution is 2.32. The smallest absolute Gasteiger partial charge is 0.241 e. The number of amides is 3. The molecule has 3 heterocycles. The Balaban J connectivity index is 1.47. The minimum Gasteiger partial charge on any atom is -0.347 e. The number of anilines is 1. The van der Waals surface area contributed by atoms with Crippen molar-refractivity contribution in [2.75, 3.05) is 31.1 Å². The molecule has 0 radical (unpaired) electrons. The van der Waals surface area contributed by atoms with Crippen LogP contribution in [-0.4, -0.2) is 58.8 Å². The summed E-state index contributed by atoms with van der Waals surface area (Å²) in [4.78, 5) is 49.5. The predicted octanol–water partition coefficient (Wildman–Crippen LogP) is 2.15. The number of aromatic nitrogens is 2. The molecule has 1 atom stereocenters. The third-order valence-electron chi connectivity index (χ3n) is 6.44. The van der Waals surface area contributed by atoms with Crippen molar-refractivity contribution in [1.29, 1.82) is 0 Å². The summed E-state index contributed by atoms with van der Waals surface area (Å²) >= 11 is 0. The number of hydrogen-bond donors (Lipinski definition) is 1. The first-order chi connectivity index (χ1) is 15.9. The van der Waals surface area contributed by atoms with Gasteiger partial charge in [0.1, 0.15) is 11.6 Å². The number of fused-ring (bicyclic) bond motifs is 1. The summed E-state index contributed by atoms with van der Waals surface area (Å²) in [5.41, 5.74) is 3.23. The van der Waals surface area contributed by atoms with Gasteiger partial charge in [0.25, 0.3) is 0 Å². The van der Waals surface area contributed by atoms with Gasteiger partial charge >= 0.3 is 0 Å². The highest BCUT2D eigenvalue weighted by atomic mass is 16.2. The number of aryl methyl sites for hydroxylation is 2. The number of carbonyl (C=O) groups is 3. The summed E-state index contributed by atoms with van der Waals surface area (Å²) in [5, 5.41) is 2.56. The molecule has 174 valence electrons. The van der Waals surface area contributed by atoms with Gasteiger partial charge in [0, 0.05) is 50.2 Å². The van der Waals surface area contributed by atoms with Crippen molar-refractivity contribution in [2.45, 2.75) is 51.9 Å². The maximum Gasteiger partial charge on any atom is 0.241 e. The summed E-state index contributed by atoms with van der Waals surface area (Å²) in [5.74, 6) is 1.26. The van der Waals surface area contributed by atoms with E-state index in [1.165, 1.54) is 12.5 Å². The number of likely N-dealkylation sites (tertiary alicyclic amines) is 1. The number of carbonyl (C=O) groups excluding carboxylic acids is 3. The van der Waals surface area contributed by atoms with E-state index in [1.807, 2.05) is 30.0 Å². The average molecular weight is 450 g/mol. The lowest BCUT2D eigenvalue weighted by Crippen LogP contribution is -2.38. The molecule has 33 heavy (non-hydrogen) atoms. The number of benzene rings is 1. The second-order valence-corrected chi connectivity index (χ2v) is 8.84. The zero-order valence-corrected chi connectivity index (χ0v) is 19.3.